The Bertz CT molecular complexity index is 666. The first-order valence-electron chi connectivity index (χ1n) is 4.71. The molecule has 0 aliphatic carbocycles. The van der Waals surface area contributed by atoms with Crippen LogP contribution in [0.2, 0.25) is 0 Å². The first-order chi connectivity index (χ1) is 8.49. The van der Waals surface area contributed by atoms with Crippen molar-refractivity contribution in [3.05, 3.63) is 36.2 Å². The number of anilines is 1. The summed E-state index contributed by atoms with van der Waals surface area (Å²) < 4.78 is 25.7. The highest BCUT2D eigenvalue weighted by Crippen LogP contribution is 2.12. The molecule has 0 unspecified atom stereocenters. The molecule has 0 bridgehead atoms. The second-order valence-electron chi connectivity index (χ2n) is 3.24. The van der Waals surface area contributed by atoms with Crippen molar-refractivity contribution in [3.63, 3.8) is 0 Å². The molecule has 0 spiro atoms. The molecule has 0 amide bonds. The first-order valence-corrected chi connectivity index (χ1v) is 6.20. The Balaban J connectivity index is 2.30. The van der Waals surface area contributed by atoms with E-state index in [4.69, 9.17) is 5.11 Å². The van der Waals surface area contributed by atoms with E-state index >= 15 is 0 Å². The lowest BCUT2D eigenvalue weighted by molar-refractivity contribution is 0.0690. The van der Waals surface area contributed by atoms with E-state index in [1.165, 1.54) is 30.5 Å². The number of carboxylic acids is 1. The SMILES string of the molecule is O=C(O)c1cccc(NS(=O)(=O)c2ccn[nH]2)n1. The summed E-state index contributed by atoms with van der Waals surface area (Å²) in [5.74, 6) is -1.32. The third-order valence-electron chi connectivity index (χ3n) is 1.97. The molecule has 0 saturated heterocycles. The molecule has 0 atom stereocenters. The monoisotopic (exact) mass is 268 g/mol. The minimum absolute atomic E-state index is 0.0792. The van der Waals surface area contributed by atoms with Gasteiger partial charge in [0.1, 0.15) is 5.82 Å². The summed E-state index contributed by atoms with van der Waals surface area (Å²) in [7, 11) is -3.84. The van der Waals surface area contributed by atoms with Crippen molar-refractivity contribution in [2.45, 2.75) is 5.03 Å². The van der Waals surface area contributed by atoms with Gasteiger partial charge in [0.15, 0.2) is 10.7 Å². The molecule has 2 heterocycles. The normalized spacial score (nSPS) is 11.1. The summed E-state index contributed by atoms with van der Waals surface area (Å²) in [6.07, 6.45) is 1.29. The van der Waals surface area contributed by atoms with E-state index in [1.807, 2.05) is 0 Å². The Morgan fingerprint density at radius 1 is 1.33 bits per heavy atom. The Morgan fingerprint density at radius 3 is 2.72 bits per heavy atom. The summed E-state index contributed by atoms with van der Waals surface area (Å²) in [6.45, 7) is 0. The Morgan fingerprint density at radius 2 is 2.11 bits per heavy atom. The minimum atomic E-state index is -3.84. The second-order valence-corrected chi connectivity index (χ2v) is 4.89. The number of rotatable bonds is 4. The van der Waals surface area contributed by atoms with Gasteiger partial charge in [0.2, 0.25) is 0 Å². The van der Waals surface area contributed by atoms with Crippen molar-refractivity contribution >= 4 is 21.8 Å². The van der Waals surface area contributed by atoms with Crippen molar-refractivity contribution in [3.8, 4) is 0 Å². The number of nitrogens with zero attached hydrogens (tertiary/aromatic N) is 2. The van der Waals surface area contributed by atoms with E-state index in [0.29, 0.717) is 0 Å². The lowest BCUT2D eigenvalue weighted by Crippen LogP contribution is -2.15. The van der Waals surface area contributed by atoms with Crippen LogP contribution >= 0.6 is 0 Å². The summed E-state index contributed by atoms with van der Waals surface area (Å²) >= 11 is 0. The van der Waals surface area contributed by atoms with Crippen molar-refractivity contribution in [2.24, 2.45) is 0 Å². The molecule has 94 valence electrons. The number of H-pyrrole nitrogens is 1. The number of aromatic amines is 1. The van der Waals surface area contributed by atoms with Gasteiger partial charge in [-0.15, -0.1) is 0 Å². The number of pyridine rings is 1. The first kappa shape index (κ1) is 12.0. The largest absolute Gasteiger partial charge is 0.477 e. The molecule has 0 saturated carbocycles. The Kier molecular flexibility index (Phi) is 2.98. The smallest absolute Gasteiger partial charge is 0.354 e. The fourth-order valence-electron chi connectivity index (χ4n) is 1.20. The van der Waals surface area contributed by atoms with Crippen LogP contribution in [0, 0.1) is 0 Å². The van der Waals surface area contributed by atoms with Crippen molar-refractivity contribution in [1.29, 1.82) is 0 Å². The highest BCUT2D eigenvalue weighted by atomic mass is 32.2. The number of sulfonamides is 1. The van der Waals surface area contributed by atoms with E-state index in [2.05, 4.69) is 19.9 Å². The standard InChI is InChI=1S/C9H8N4O4S/c14-9(15)6-2-1-3-7(11-6)13-18(16,17)8-4-5-10-12-8/h1-5H,(H,10,12)(H,11,13)(H,14,15). The van der Waals surface area contributed by atoms with Crippen LogP contribution < -0.4 is 4.72 Å². The van der Waals surface area contributed by atoms with Crippen LogP contribution in [-0.4, -0.2) is 34.7 Å². The van der Waals surface area contributed by atoms with Gasteiger partial charge in [-0.2, -0.15) is 13.5 Å². The zero-order chi connectivity index (χ0) is 13.2. The molecule has 3 N–H and O–H groups in total. The van der Waals surface area contributed by atoms with E-state index in [9.17, 15) is 13.2 Å². The molecule has 18 heavy (non-hydrogen) atoms. The molecule has 0 aliphatic rings. The average Bonchev–Trinajstić information content (AvgIpc) is 2.82. The van der Waals surface area contributed by atoms with E-state index < -0.39 is 16.0 Å². The minimum Gasteiger partial charge on any atom is -0.477 e. The fraction of sp³-hybridized carbons (Fsp3) is 0. The number of carbonyl (C=O) groups is 1. The predicted octanol–water partition coefficient (Wildman–Crippen LogP) is 0.304. The molecule has 2 aromatic heterocycles. The number of aromatic carboxylic acids is 1. The van der Waals surface area contributed by atoms with E-state index in [0.717, 1.165) is 0 Å². The van der Waals surface area contributed by atoms with Crippen LogP contribution in [0.25, 0.3) is 0 Å². The summed E-state index contributed by atoms with van der Waals surface area (Å²) in [4.78, 5) is 14.3. The lowest BCUT2D eigenvalue weighted by atomic mass is 10.3. The van der Waals surface area contributed by atoms with Crippen LogP contribution in [-0.2, 0) is 10.0 Å². The maximum atomic E-state index is 11.8. The fourth-order valence-corrected chi connectivity index (χ4v) is 2.11. The molecular formula is C9H8N4O4S. The zero-order valence-electron chi connectivity index (χ0n) is 8.86. The highest BCUT2D eigenvalue weighted by molar-refractivity contribution is 7.92. The summed E-state index contributed by atoms with van der Waals surface area (Å²) in [5.41, 5.74) is -0.250. The van der Waals surface area contributed by atoms with Gasteiger partial charge in [-0.3, -0.25) is 9.82 Å². The quantitative estimate of drug-likeness (QED) is 0.732. The van der Waals surface area contributed by atoms with Gasteiger partial charge in [-0.1, -0.05) is 6.07 Å². The van der Waals surface area contributed by atoms with Crippen molar-refractivity contribution in [2.75, 3.05) is 4.72 Å². The van der Waals surface area contributed by atoms with E-state index in [-0.39, 0.29) is 16.5 Å². The van der Waals surface area contributed by atoms with Gasteiger partial charge in [0.25, 0.3) is 10.0 Å². The molecule has 8 nitrogen and oxygen atoms in total. The third kappa shape index (κ3) is 2.46. The van der Waals surface area contributed by atoms with Gasteiger partial charge in [0, 0.05) is 0 Å². The van der Waals surface area contributed by atoms with Gasteiger partial charge in [-0.25, -0.2) is 9.78 Å². The Hall–Kier alpha value is -2.42. The summed E-state index contributed by atoms with van der Waals surface area (Å²) in [6, 6.07) is 5.27. The zero-order valence-corrected chi connectivity index (χ0v) is 9.68. The highest BCUT2D eigenvalue weighted by Gasteiger charge is 2.16. The number of hydrogen-bond donors (Lipinski definition) is 3. The molecule has 0 fully saturated rings. The maximum absolute atomic E-state index is 11.8. The van der Waals surface area contributed by atoms with Gasteiger partial charge in [0.05, 0.1) is 6.20 Å². The molecule has 9 heteroatoms. The number of hydrogen-bond acceptors (Lipinski definition) is 5. The number of nitrogens with one attached hydrogen (secondary N) is 2. The van der Waals surface area contributed by atoms with Crippen molar-refractivity contribution < 1.29 is 18.3 Å². The predicted molar refractivity (Wildman–Crippen MR) is 60.6 cm³/mol. The van der Waals surface area contributed by atoms with Crippen LogP contribution in [0.15, 0.2) is 35.5 Å². The molecule has 2 aromatic rings. The Labute approximate surface area is 102 Å². The van der Waals surface area contributed by atoms with Crippen LogP contribution in [0.1, 0.15) is 10.5 Å². The van der Waals surface area contributed by atoms with Crippen LogP contribution in [0.3, 0.4) is 0 Å². The van der Waals surface area contributed by atoms with Crippen LogP contribution in [0.5, 0.6) is 0 Å². The lowest BCUT2D eigenvalue weighted by Gasteiger charge is -2.05. The molecule has 0 radical (unpaired) electrons. The maximum Gasteiger partial charge on any atom is 0.354 e. The average molecular weight is 268 g/mol. The van der Waals surface area contributed by atoms with Gasteiger partial charge >= 0.3 is 5.97 Å². The number of carboxylic acid groups (broad SMARTS) is 1. The summed E-state index contributed by atoms with van der Waals surface area (Å²) in [5, 5.41) is 14.4. The third-order valence-corrected chi connectivity index (χ3v) is 3.26. The second kappa shape index (κ2) is 4.45. The topological polar surface area (TPSA) is 125 Å². The van der Waals surface area contributed by atoms with Gasteiger partial charge < -0.3 is 5.11 Å². The number of aromatic nitrogens is 3. The van der Waals surface area contributed by atoms with Crippen molar-refractivity contribution in [1.82, 2.24) is 15.2 Å². The molecule has 2 rings (SSSR count). The molecular weight excluding hydrogens is 260 g/mol. The van der Waals surface area contributed by atoms with Gasteiger partial charge in [-0.05, 0) is 18.2 Å². The molecule has 0 aromatic carbocycles. The van der Waals surface area contributed by atoms with E-state index in [1.54, 1.807) is 0 Å². The van der Waals surface area contributed by atoms with Crippen LogP contribution in [0.4, 0.5) is 5.82 Å². The molecule has 0 aliphatic heterocycles.